The fraction of sp³-hybridized carbons (Fsp3) is 0.111. The molecule has 2 heterocycles. The summed E-state index contributed by atoms with van der Waals surface area (Å²) in [6.45, 7) is 0.194. The molecule has 1 aromatic heterocycles. The number of nitrogens with zero attached hydrogens (tertiary/aromatic N) is 2. The van der Waals surface area contributed by atoms with Crippen molar-refractivity contribution in [1.29, 1.82) is 0 Å². The van der Waals surface area contributed by atoms with Crippen LogP contribution in [0.2, 0.25) is 5.02 Å². The predicted molar refractivity (Wildman–Crippen MR) is 98.7 cm³/mol. The van der Waals surface area contributed by atoms with Crippen LogP contribution >= 0.6 is 11.6 Å². The molecule has 0 radical (unpaired) electrons. The van der Waals surface area contributed by atoms with E-state index < -0.39 is 15.9 Å². The van der Waals surface area contributed by atoms with Crippen LogP contribution in [0.3, 0.4) is 0 Å². The van der Waals surface area contributed by atoms with E-state index in [0.29, 0.717) is 16.5 Å². The van der Waals surface area contributed by atoms with Crippen LogP contribution in [0.15, 0.2) is 64.5 Å². The van der Waals surface area contributed by atoms with E-state index >= 15 is 0 Å². The number of halogens is 1. The van der Waals surface area contributed by atoms with E-state index in [4.69, 9.17) is 26.8 Å². The molecular weight excluding hydrogens is 390 g/mol. The minimum Gasteiger partial charge on any atom is -0.485 e. The van der Waals surface area contributed by atoms with Gasteiger partial charge in [-0.25, -0.2) is 18.4 Å². The Hall–Kier alpha value is -2.84. The van der Waals surface area contributed by atoms with Gasteiger partial charge in [0, 0.05) is 5.02 Å². The second-order valence-corrected chi connectivity index (χ2v) is 8.15. The number of anilines is 1. The molecule has 0 aliphatic carbocycles. The van der Waals surface area contributed by atoms with Gasteiger partial charge in [-0.1, -0.05) is 23.7 Å². The average Bonchev–Trinajstić information content (AvgIpc) is 2.67. The summed E-state index contributed by atoms with van der Waals surface area (Å²) in [5.41, 5.74) is 5.92. The first-order chi connectivity index (χ1) is 12.9. The number of hydrogen-bond donors (Lipinski definition) is 1. The molecule has 1 aliphatic heterocycles. The highest BCUT2D eigenvalue weighted by molar-refractivity contribution is 7.91. The average molecular weight is 404 g/mol. The van der Waals surface area contributed by atoms with Gasteiger partial charge in [0.15, 0.2) is 23.4 Å². The van der Waals surface area contributed by atoms with Crippen molar-refractivity contribution in [3.63, 3.8) is 0 Å². The molecule has 2 aromatic carbocycles. The van der Waals surface area contributed by atoms with Crippen molar-refractivity contribution in [2.45, 2.75) is 15.9 Å². The van der Waals surface area contributed by atoms with Gasteiger partial charge in [-0.2, -0.15) is 0 Å². The van der Waals surface area contributed by atoms with Crippen LogP contribution in [-0.2, 0) is 9.84 Å². The topological polar surface area (TPSA) is 104 Å². The van der Waals surface area contributed by atoms with Crippen LogP contribution in [0, 0.1) is 0 Å². The highest BCUT2D eigenvalue weighted by Gasteiger charge is 2.28. The fourth-order valence-corrected chi connectivity index (χ4v) is 4.03. The molecule has 9 heteroatoms. The summed E-state index contributed by atoms with van der Waals surface area (Å²) in [4.78, 5) is 8.16. The van der Waals surface area contributed by atoms with E-state index in [2.05, 4.69) is 9.97 Å². The van der Waals surface area contributed by atoms with Crippen molar-refractivity contribution >= 4 is 27.3 Å². The third-order valence-corrected chi connectivity index (χ3v) is 6.05. The number of nitrogens with two attached hydrogens (primary N) is 1. The van der Waals surface area contributed by atoms with Crippen LogP contribution in [0.4, 0.5) is 5.82 Å². The quantitative estimate of drug-likeness (QED) is 0.716. The molecule has 0 saturated carbocycles. The molecular formula is C18H14ClN3O4S. The lowest BCUT2D eigenvalue weighted by atomic mass is 10.2. The van der Waals surface area contributed by atoms with E-state index in [1.54, 1.807) is 12.1 Å². The highest BCUT2D eigenvalue weighted by atomic mass is 35.5. The Bertz CT molecular complexity index is 1100. The van der Waals surface area contributed by atoms with Gasteiger partial charge >= 0.3 is 0 Å². The van der Waals surface area contributed by atoms with Gasteiger partial charge in [-0.05, 0) is 36.4 Å². The van der Waals surface area contributed by atoms with Crippen molar-refractivity contribution < 1.29 is 17.9 Å². The number of hydrogen-bond acceptors (Lipinski definition) is 7. The SMILES string of the molecule is Nc1nc([C@@H]2COc3ccccc3O2)ncc1S(=O)(=O)c1ccc(Cl)cc1. The summed E-state index contributed by atoms with van der Waals surface area (Å²) >= 11 is 5.81. The van der Waals surface area contributed by atoms with E-state index in [-0.39, 0.29) is 28.0 Å². The second kappa shape index (κ2) is 6.71. The van der Waals surface area contributed by atoms with Crippen molar-refractivity contribution in [2.24, 2.45) is 0 Å². The minimum absolute atomic E-state index is 0.0566. The maximum Gasteiger partial charge on any atom is 0.211 e. The van der Waals surface area contributed by atoms with Crippen molar-refractivity contribution in [1.82, 2.24) is 9.97 Å². The Morgan fingerprint density at radius 1 is 1.07 bits per heavy atom. The number of aromatic nitrogens is 2. The standard InChI is InChI=1S/C18H14ClN3O4S/c19-11-5-7-12(8-6-11)27(23,24)16-9-21-18(22-17(16)20)15-10-25-13-3-1-2-4-14(13)26-15/h1-9,15H,10H2,(H2,20,21,22)/t15-/m0/s1. The summed E-state index contributed by atoms with van der Waals surface area (Å²) in [5, 5.41) is 0.434. The van der Waals surface area contributed by atoms with Crippen LogP contribution in [0.5, 0.6) is 11.5 Å². The summed E-state index contributed by atoms with van der Waals surface area (Å²) < 4.78 is 37.0. The van der Waals surface area contributed by atoms with Crippen molar-refractivity contribution in [3.8, 4) is 11.5 Å². The number of fused-ring (bicyclic) bond motifs is 1. The maximum atomic E-state index is 12.8. The lowest BCUT2D eigenvalue weighted by Gasteiger charge is -2.25. The molecule has 1 aliphatic rings. The molecule has 7 nitrogen and oxygen atoms in total. The normalized spacial score (nSPS) is 16.1. The number of rotatable bonds is 3. The number of para-hydroxylation sites is 2. The van der Waals surface area contributed by atoms with E-state index in [1.807, 2.05) is 12.1 Å². The molecule has 0 amide bonds. The van der Waals surface area contributed by atoms with Gasteiger partial charge in [-0.15, -0.1) is 0 Å². The number of sulfone groups is 1. The molecule has 0 saturated heterocycles. The first kappa shape index (κ1) is 17.6. The monoisotopic (exact) mass is 403 g/mol. The first-order valence-corrected chi connectivity index (χ1v) is 9.83. The Kier molecular flexibility index (Phi) is 4.37. The summed E-state index contributed by atoms with van der Waals surface area (Å²) in [6.07, 6.45) is 0.598. The largest absolute Gasteiger partial charge is 0.485 e. The molecule has 27 heavy (non-hydrogen) atoms. The summed E-state index contributed by atoms with van der Waals surface area (Å²) in [5.74, 6) is 1.28. The minimum atomic E-state index is -3.86. The molecule has 0 spiro atoms. The number of ether oxygens (including phenoxy) is 2. The smallest absolute Gasteiger partial charge is 0.211 e. The Labute approximate surface area is 160 Å². The van der Waals surface area contributed by atoms with Gasteiger partial charge < -0.3 is 15.2 Å². The third-order valence-electron chi connectivity index (χ3n) is 4.01. The molecule has 2 N–H and O–H groups in total. The lowest BCUT2D eigenvalue weighted by molar-refractivity contribution is 0.0850. The second-order valence-electron chi connectivity index (χ2n) is 5.80. The zero-order valence-corrected chi connectivity index (χ0v) is 15.4. The van der Waals surface area contributed by atoms with Gasteiger partial charge in [0.1, 0.15) is 17.3 Å². The molecule has 3 aromatic rings. The molecule has 4 rings (SSSR count). The summed E-state index contributed by atoms with van der Waals surface area (Å²) in [6, 6.07) is 13.0. The molecule has 0 bridgehead atoms. The van der Waals surface area contributed by atoms with Crippen molar-refractivity contribution in [3.05, 3.63) is 65.6 Å². The number of benzene rings is 2. The van der Waals surface area contributed by atoms with E-state index in [1.165, 1.54) is 30.5 Å². The third kappa shape index (κ3) is 3.29. The Balaban J connectivity index is 1.65. The van der Waals surface area contributed by atoms with Crippen LogP contribution in [0.25, 0.3) is 0 Å². The van der Waals surface area contributed by atoms with Gasteiger partial charge in [-0.3, -0.25) is 0 Å². The predicted octanol–water partition coefficient (Wildman–Crippen LogP) is 3.06. The van der Waals surface area contributed by atoms with Gasteiger partial charge in [0.05, 0.1) is 11.1 Å². The lowest BCUT2D eigenvalue weighted by Crippen LogP contribution is -2.24. The first-order valence-electron chi connectivity index (χ1n) is 7.97. The number of nitrogen functional groups attached to an aromatic ring is 1. The Morgan fingerprint density at radius 3 is 2.48 bits per heavy atom. The molecule has 0 unspecified atom stereocenters. The zero-order chi connectivity index (χ0) is 19.0. The van der Waals surface area contributed by atoms with Gasteiger partial charge in [0.25, 0.3) is 0 Å². The van der Waals surface area contributed by atoms with E-state index in [9.17, 15) is 8.42 Å². The summed E-state index contributed by atoms with van der Waals surface area (Å²) in [7, 11) is -3.86. The van der Waals surface area contributed by atoms with Crippen LogP contribution < -0.4 is 15.2 Å². The van der Waals surface area contributed by atoms with E-state index in [0.717, 1.165) is 0 Å². The molecule has 0 fully saturated rings. The maximum absolute atomic E-state index is 12.8. The molecule has 138 valence electrons. The fourth-order valence-electron chi connectivity index (χ4n) is 2.65. The Morgan fingerprint density at radius 2 is 1.78 bits per heavy atom. The molecule has 1 atom stereocenters. The van der Waals surface area contributed by atoms with Crippen LogP contribution in [0.1, 0.15) is 11.9 Å². The van der Waals surface area contributed by atoms with Crippen molar-refractivity contribution in [2.75, 3.05) is 12.3 Å². The zero-order valence-electron chi connectivity index (χ0n) is 13.9. The van der Waals surface area contributed by atoms with Crippen LogP contribution in [-0.4, -0.2) is 25.0 Å². The van der Waals surface area contributed by atoms with Gasteiger partial charge in [0.2, 0.25) is 9.84 Å². The highest BCUT2D eigenvalue weighted by Crippen LogP contribution is 2.35.